The highest BCUT2D eigenvalue weighted by Crippen LogP contribution is 2.32. The monoisotopic (exact) mass is 463 g/mol. The van der Waals surface area contributed by atoms with Crippen LogP contribution >= 0.6 is 11.3 Å². The lowest BCUT2D eigenvalue weighted by atomic mass is 10.1. The van der Waals surface area contributed by atoms with Crippen molar-refractivity contribution in [3.63, 3.8) is 0 Å². The second-order valence-corrected chi connectivity index (χ2v) is 8.09. The fourth-order valence-electron chi connectivity index (χ4n) is 3.33. The smallest absolute Gasteiger partial charge is 0.338 e. The number of carbonyl (C=O) groups is 2. The van der Waals surface area contributed by atoms with Crippen LogP contribution in [0.3, 0.4) is 0 Å². The van der Waals surface area contributed by atoms with Gasteiger partial charge in [-0.25, -0.2) is 9.78 Å². The lowest BCUT2D eigenvalue weighted by Gasteiger charge is -2.08. The minimum Gasteiger partial charge on any atom is -0.456 e. The van der Waals surface area contributed by atoms with Gasteiger partial charge in [0.2, 0.25) is 6.79 Å². The molecule has 0 saturated carbocycles. The van der Waals surface area contributed by atoms with Crippen LogP contribution in [-0.2, 0) is 11.3 Å². The number of aryl methyl sites for hydroxylation is 1. The Labute approximate surface area is 191 Å². The van der Waals surface area contributed by atoms with E-state index in [1.54, 1.807) is 42.5 Å². The van der Waals surface area contributed by atoms with Crippen molar-refractivity contribution in [3.05, 3.63) is 86.8 Å². The summed E-state index contributed by atoms with van der Waals surface area (Å²) in [7, 11) is 0. The average Bonchev–Trinajstić information content (AvgIpc) is 3.44. The minimum atomic E-state index is -0.562. The first kappa shape index (κ1) is 20.7. The summed E-state index contributed by atoms with van der Waals surface area (Å²) in [5.41, 5.74) is 2.21. The molecule has 10 heteroatoms. The normalized spacial score (nSPS) is 12.0. The van der Waals surface area contributed by atoms with E-state index in [2.05, 4.69) is 10.3 Å². The molecule has 166 valence electrons. The van der Waals surface area contributed by atoms with Gasteiger partial charge in [-0.2, -0.15) is 0 Å². The molecule has 2 aromatic heterocycles. The van der Waals surface area contributed by atoms with Crippen LogP contribution in [0, 0.1) is 6.92 Å². The number of anilines is 1. The maximum atomic E-state index is 12.5. The van der Waals surface area contributed by atoms with E-state index in [0.717, 1.165) is 5.69 Å². The molecule has 2 aromatic carbocycles. The number of aromatic nitrogens is 2. The Balaban J connectivity index is 1.21. The Hall–Kier alpha value is -4.18. The third-order valence-corrected chi connectivity index (χ3v) is 5.94. The summed E-state index contributed by atoms with van der Waals surface area (Å²) < 4.78 is 17.3. The number of fused-ring (bicyclic) bond motifs is 2. The number of nitrogens with zero attached hydrogens (tertiary/aromatic N) is 2. The third-order valence-electron chi connectivity index (χ3n) is 4.99. The number of esters is 1. The van der Waals surface area contributed by atoms with Crippen molar-refractivity contribution in [1.82, 2.24) is 9.38 Å². The molecule has 3 heterocycles. The van der Waals surface area contributed by atoms with Crippen molar-refractivity contribution in [2.24, 2.45) is 0 Å². The van der Waals surface area contributed by atoms with E-state index in [-0.39, 0.29) is 24.9 Å². The first-order valence-corrected chi connectivity index (χ1v) is 10.8. The van der Waals surface area contributed by atoms with Crippen LogP contribution < -0.4 is 20.3 Å². The largest absolute Gasteiger partial charge is 0.456 e. The highest BCUT2D eigenvalue weighted by atomic mass is 32.1. The fourth-order valence-corrected chi connectivity index (χ4v) is 4.22. The van der Waals surface area contributed by atoms with Crippen LogP contribution in [0.5, 0.6) is 11.5 Å². The second-order valence-electron chi connectivity index (χ2n) is 7.26. The Bertz CT molecular complexity index is 1440. The summed E-state index contributed by atoms with van der Waals surface area (Å²) in [6.07, 6.45) is 0. The molecule has 0 unspecified atom stereocenters. The van der Waals surface area contributed by atoms with Gasteiger partial charge in [0.1, 0.15) is 6.61 Å². The van der Waals surface area contributed by atoms with Gasteiger partial charge < -0.3 is 19.5 Å². The van der Waals surface area contributed by atoms with E-state index < -0.39 is 5.97 Å². The number of nitrogens with one attached hydrogen (secondary N) is 1. The van der Waals surface area contributed by atoms with Crippen LogP contribution in [-0.4, -0.2) is 28.1 Å². The standard InChI is InChI=1S/C23H17N3O6S/c1-13-11-33-23-25-17(9-20(27)26(13)23)10-30-22(29)14-2-5-16(6-3-14)24-21(28)15-4-7-18-19(8-15)32-12-31-18/h2-9,11H,10,12H2,1H3,(H,24,28). The topological polar surface area (TPSA) is 108 Å². The lowest BCUT2D eigenvalue weighted by molar-refractivity contribution is 0.0467. The highest BCUT2D eigenvalue weighted by Gasteiger charge is 2.17. The molecule has 5 rings (SSSR count). The predicted octanol–water partition coefficient (Wildman–Crippen LogP) is 3.40. The molecule has 0 atom stereocenters. The van der Waals surface area contributed by atoms with Gasteiger partial charge in [0.05, 0.1) is 11.3 Å². The van der Waals surface area contributed by atoms with Gasteiger partial charge >= 0.3 is 5.97 Å². The Morgan fingerprint density at radius 3 is 2.67 bits per heavy atom. The molecule has 0 aliphatic carbocycles. The van der Waals surface area contributed by atoms with E-state index in [1.165, 1.54) is 21.8 Å². The Morgan fingerprint density at radius 1 is 1.09 bits per heavy atom. The second kappa shape index (κ2) is 8.40. The van der Waals surface area contributed by atoms with E-state index in [0.29, 0.717) is 39.0 Å². The zero-order valence-corrected chi connectivity index (χ0v) is 18.2. The maximum absolute atomic E-state index is 12.5. The predicted molar refractivity (Wildman–Crippen MR) is 120 cm³/mol. The number of rotatable bonds is 5. The number of amides is 1. The maximum Gasteiger partial charge on any atom is 0.338 e. The number of hydrogen-bond donors (Lipinski definition) is 1. The molecular formula is C23H17N3O6S. The van der Waals surface area contributed by atoms with Crippen molar-refractivity contribution >= 4 is 33.9 Å². The van der Waals surface area contributed by atoms with E-state index in [4.69, 9.17) is 14.2 Å². The van der Waals surface area contributed by atoms with Crippen LogP contribution in [0.1, 0.15) is 32.1 Å². The highest BCUT2D eigenvalue weighted by molar-refractivity contribution is 7.15. The number of carbonyl (C=O) groups excluding carboxylic acids is 2. The van der Waals surface area contributed by atoms with Crippen LogP contribution in [0.25, 0.3) is 4.96 Å². The van der Waals surface area contributed by atoms with E-state index in [9.17, 15) is 14.4 Å². The Morgan fingerprint density at radius 2 is 1.85 bits per heavy atom. The van der Waals surface area contributed by atoms with Gasteiger partial charge in [0.15, 0.2) is 16.5 Å². The van der Waals surface area contributed by atoms with E-state index >= 15 is 0 Å². The number of hydrogen-bond acceptors (Lipinski definition) is 8. The van der Waals surface area contributed by atoms with Crippen LogP contribution in [0.4, 0.5) is 5.69 Å². The molecule has 33 heavy (non-hydrogen) atoms. The van der Waals surface area contributed by atoms with Crippen molar-refractivity contribution in [1.29, 1.82) is 0 Å². The molecule has 0 fully saturated rings. The van der Waals surface area contributed by atoms with Crippen molar-refractivity contribution in [2.45, 2.75) is 13.5 Å². The first-order valence-electron chi connectivity index (χ1n) is 9.93. The van der Waals surface area contributed by atoms with Crippen LogP contribution in [0.15, 0.2) is 58.7 Å². The van der Waals surface area contributed by atoms with Gasteiger partial charge in [-0.3, -0.25) is 14.0 Å². The molecule has 0 saturated heterocycles. The van der Waals surface area contributed by atoms with Gasteiger partial charge in [-0.1, -0.05) is 0 Å². The SMILES string of the molecule is Cc1csc2nc(COC(=O)c3ccc(NC(=O)c4ccc5c(c4)OCO5)cc3)cc(=O)n12. The number of ether oxygens (including phenoxy) is 3. The molecule has 0 bridgehead atoms. The van der Waals surface area contributed by atoms with Gasteiger partial charge in [0, 0.05) is 28.4 Å². The summed E-state index contributed by atoms with van der Waals surface area (Å²) in [4.78, 5) is 42.0. The lowest BCUT2D eigenvalue weighted by Crippen LogP contribution is -2.16. The summed E-state index contributed by atoms with van der Waals surface area (Å²) >= 11 is 1.35. The Kier molecular flexibility index (Phi) is 5.27. The number of benzene rings is 2. The van der Waals surface area contributed by atoms with Gasteiger partial charge in [-0.05, 0) is 49.4 Å². The fraction of sp³-hybridized carbons (Fsp3) is 0.130. The zero-order valence-electron chi connectivity index (χ0n) is 17.4. The van der Waals surface area contributed by atoms with Gasteiger partial charge in [0.25, 0.3) is 11.5 Å². The third kappa shape index (κ3) is 4.15. The molecule has 0 radical (unpaired) electrons. The molecule has 1 aliphatic rings. The van der Waals surface area contributed by atoms with Crippen LogP contribution in [0.2, 0.25) is 0 Å². The summed E-state index contributed by atoms with van der Waals surface area (Å²) in [5, 5.41) is 4.60. The molecule has 0 spiro atoms. The van der Waals surface area contributed by atoms with Crippen molar-refractivity contribution < 1.29 is 23.8 Å². The molecular weight excluding hydrogens is 446 g/mol. The zero-order chi connectivity index (χ0) is 22.9. The first-order chi connectivity index (χ1) is 16.0. The quantitative estimate of drug-likeness (QED) is 0.452. The molecule has 1 aliphatic heterocycles. The van der Waals surface area contributed by atoms with Crippen molar-refractivity contribution in [3.8, 4) is 11.5 Å². The molecule has 9 nitrogen and oxygen atoms in total. The van der Waals surface area contributed by atoms with Gasteiger partial charge in [-0.15, -0.1) is 11.3 Å². The summed E-state index contributed by atoms with van der Waals surface area (Å²) in [6, 6.07) is 12.6. The minimum absolute atomic E-state index is 0.121. The van der Waals surface area contributed by atoms with E-state index in [1.807, 2.05) is 12.3 Å². The van der Waals surface area contributed by atoms with Crippen molar-refractivity contribution in [2.75, 3.05) is 12.1 Å². The summed E-state index contributed by atoms with van der Waals surface area (Å²) in [6.45, 7) is 1.84. The molecule has 1 N–H and O–H groups in total. The summed E-state index contributed by atoms with van der Waals surface area (Å²) in [5.74, 6) is 0.236. The number of thiazole rings is 1. The molecule has 1 amide bonds. The molecule has 4 aromatic rings. The average molecular weight is 463 g/mol.